The number of benzene rings is 1. The lowest BCUT2D eigenvalue weighted by Gasteiger charge is -2.18. The van der Waals surface area contributed by atoms with Gasteiger partial charge in [-0.25, -0.2) is 0 Å². The quantitative estimate of drug-likeness (QED) is 0.788. The molecule has 0 aliphatic carbocycles. The molecular formula is C18H17F3N2O3. The first kappa shape index (κ1) is 19.4. The summed E-state index contributed by atoms with van der Waals surface area (Å²) < 4.78 is 37.6. The topological polar surface area (TPSA) is 79.3 Å². The van der Waals surface area contributed by atoms with Crippen LogP contribution in [0.1, 0.15) is 34.5 Å². The SMILES string of the molecule is O=C(O)CCC(Cc1ccccc1)NC(=O)c1ccc(C(F)(F)F)nc1. The molecule has 1 atom stereocenters. The van der Waals surface area contributed by atoms with Crippen molar-refractivity contribution in [3.63, 3.8) is 0 Å². The van der Waals surface area contributed by atoms with E-state index in [1.807, 2.05) is 30.3 Å². The van der Waals surface area contributed by atoms with Crippen LogP contribution < -0.4 is 5.32 Å². The molecule has 1 heterocycles. The number of alkyl halides is 3. The number of carbonyl (C=O) groups excluding carboxylic acids is 1. The average Bonchev–Trinajstić information content (AvgIpc) is 2.60. The lowest BCUT2D eigenvalue weighted by molar-refractivity contribution is -0.141. The Hall–Kier alpha value is -2.90. The highest BCUT2D eigenvalue weighted by Gasteiger charge is 2.32. The monoisotopic (exact) mass is 366 g/mol. The number of hydrogen-bond donors (Lipinski definition) is 2. The Morgan fingerprint density at radius 1 is 1.12 bits per heavy atom. The molecule has 0 spiro atoms. The lowest BCUT2D eigenvalue weighted by atomic mass is 10.0. The van der Waals surface area contributed by atoms with Gasteiger partial charge in [0.2, 0.25) is 0 Å². The summed E-state index contributed by atoms with van der Waals surface area (Å²) >= 11 is 0. The highest BCUT2D eigenvalue weighted by molar-refractivity contribution is 5.94. The molecule has 1 amide bonds. The van der Waals surface area contributed by atoms with Gasteiger partial charge in [-0.15, -0.1) is 0 Å². The van der Waals surface area contributed by atoms with Gasteiger partial charge in [0.15, 0.2) is 0 Å². The van der Waals surface area contributed by atoms with Gasteiger partial charge in [-0.05, 0) is 30.5 Å². The van der Waals surface area contributed by atoms with E-state index in [-0.39, 0.29) is 18.4 Å². The van der Waals surface area contributed by atoms with Gasteiger partial charge in [-0.1, -0.05) is 30.3 Å². The zero-order valence-corrected chi connectivity index (χ0v) is 13.7. The molecule has 0 radical (unpaired) electrons. The second kappa shape index (κ2) is 8.46. The van der Waals surface area contributed by atoms with Crippen LogP contribution in [0.15, 0.2) is 48.7 Å². The maximum absolute atomic E-state index is 12.5. The van der Waals surface area contributed by atoms with Crippen molar-refractivity contribution >= 4 is 11.9 Å². The van der Waals surface area contributed by atoms with Crippen molar-refractivity contribution in [3.05, 3.63) is 65.5 Å². The number of nitrogens with zero attached hydrogens (tertiary/aromatic N) is 1. The number of pyridine rings is 1. The van der Waals surface area contributed by atoms with Crippen molar-refractivity contribution < 1.29 is 27.9 Å². The Labute approximate surface area is 147 Å². The first-order valence-corrected chi connectivity index (χ1v) is 7.85. The summed E-state index contributed by atoms with van der Waals surface area (Å²) in [6.07, 6.45) is -3.25. The van der Waals surface area contributed by atoms with Gasteiger partial charge in [-0.2, -0.15) is 13.2 Å². The third kappa shape index (κ3) is 5.87. The number of carboxylic acid groups (broad SMARTS) is 1. The van der Waals surface area contributed by atoms with Crippen LogP contribution in [0.4, 0.5) is 13.2 Å². The van der Waals surface area contributed by atoms with Gasteiger partial charge < -0.3 is 10.4 Å². The zero-order valence-electron chi connectivity index (χ0n) is 13.7. The van der Waals surface area contributed by atoms with E-state index >= 15 is 0 Å². The van der Waals surface area contributed by atoms with Crippen LogP contribution in [0.5, 0.6) is 0 Å². The van der Waals surface area contributed by atoms with E-state index < -0.39 is 29.8 Å². The van der Waals surface area contributed by atoms with Crippen LogP contribution in [0.25, 0.3) is 0 Å². The molecule has 0 bridgehead atoms. The maximum atomic E-state index is 12.5. The largest absolute Gasteiger partial charge is 0.481 e. The summed E-state index contributed by atoms with van der Waals surface area (Å²) in [7, 11) is 0. The van der Waals surface area contributed by atoms with E-state index in [1.165, 1.54) is 0 Å². The smallest absolute Gasteiger partial charge is 0.433 e. The average molecular weight is 366 g/mol. The maximum Gasteiger partial charge on any atom is 0.433 e. The van der Waals surface area contributed by atoms with Crippen molar-refractivity contribution in [2.45, 2.75) is 31.5 Å². The number of amides is 1. The predicted octanol–water partition coefficient (Wildman–Crippen LogP) is 3.31. The van der Waals surface area contributed by atoms with Gasteiger partial charge in [0.05, 0.1) is 5.56 Å². The van der Waals surface area contributed by atoms with E-state index in [0.717, 1.165) is 23.9 Å². The van der Waals surface area contributed by atoms with E-state index in [9.17, 15) is 22.8 Å². The van der Waals surface area contributed by atoms with Gasteiger partial charge in [0.1, 0.15) is 5.69 Å². The van der Waals surface area contributed by atoms with Crippen LogP contribution in [-0.4, -0.2) is 28.0 Å². The molecule has 0 aliphatic heterocycles. The molecule has 1 aromatic carbocycles. The Morgan fingerprint density at radius 2 is 1.81 bits per heavy atom. The molecule has 8 heteroatoms. The molecule has 138 valence electrons. The Bertz CT molecular complexity index is 747. The molecule has 0 saturated heterocycles. The van der Waals surface area contributed by atoms with E-state index in [0.29, 0.717) is 6.42 Å². The highest BCUT2D eigenvalue weighted by Crippen LogP contribution is 2.27. The van der Waals surface area contributed by atoms with Gasteiger partial charge in [0, 0.05) is 18.7 Å². The van der Waals surface area contributed by atoms with Crippen molar-refractivity contribution in [1.82, 2.24) is 10.3 Å². The number of rotatable bonds is 7. The minimum absolute atomic E-state index is 0.0219. The second-order valence-corrected chi connectivity index (χ2v) is 5.72. The van der Waals surface area contributed by atoms with Crippen LogP contribution in [0.3, 0.4) is 0 Å². The minimum Gasteiger partial charge on any atom is -0.481 e. The lowest BCUT2D eigenvalue weighted by Crippen LogP contribution is -2.37. The van der Waals surface area contributed by atoms with Crippen molar-refractivity contribution in [1.29, 1.82) is 0 Å². The van der Waals surface area contributed by atoms with Crippen LogP contribution >= 0.6 is 0 Å². The second-order valence-electron chi connectivity index (χ2n) is 5.72. The Morgan fingerprint density at radius 3 is 2.35 bits per heavy atom. The highest BCUT2D eigenvalue weighted by atomic mass is 19.4. The number of halogens is 3. The summed E-state index contributed by atoms with van der Waals surface area (Å²) in [5.41, 5.74) is -0.194. The number of nitrogens with one attached hydrogen (secondary N) is 1. The fraction of sp³-hybridized carbons (Fsp3) is 0.278. The van der Waals surface area contributed by atoms with Gasteiger partial charge in [0.25, 0.3) is 5.91 Å². The number of carbonyl (C=O) groups is 2. The Balaban J connectivity index is 2.08. The van der Waals surface area contributed by atoms with E-state index in [4.69, 9.17) is 5.11 Å². The zero-order chi connectivity index (χ0) is 19.2. The molecule has 5 nitrogen and oxygen atoms in total. The van der Waals surface area contributed by atoms with Gasteiger partial charge in [-0.3, -0.25) is 14.6 Å². The van der Waals surface area contributed by atoms with Crippen LogP contribution in [0.2, 0.25) is 0 Å². The number of aromatic nitrogens is 1. The normalized spacial score (nSPS) is 12.4. The molecule has 1 aromatic heterocycles. The molecule has 0 saturated carbocycles. The summed E-state index contributed by atoms with van der Waals surface area (Å²) in [5, 5.41) is 11.5. The minimum atomic E-state index is -4.58. The molecule has 26 heavy (non-hydrogen) atoms. The standard InChI is InChI=1S/C18H17F3N2O3/c19-18(20,21)15-8-6-13(11-22-15)17(26)23-14(7-9-16(24)25)10-12-4-2-1-3-5-12/h1-6,8,11,14H,7,9-10H2,(H,23,26)(H,24,25). The summed E-state index contributed by atoms with van der Waals surface area (Å²) in [5.74, 6) is -1.59. The molecule has 1 unspecified atom stereocenters. The number of aliphatic carboxylic acids is 1. The van der Waals surface area contributed by atoms with Crippen LogP contribution in [-0.2, 0) is 17.4 Å². The molecular weight excluding hydrogens is 349 g/mol. The number of carboxylic acids is 1. The van der Waals surface area contributed by atoms with E-state index in [2.05, 4.69) is 10.3 Å². The first-order chi connectivity index (χ1) is 12.3. The fourth-order valence-electron chi connectivity index (χ4n) is 2.39. The predicted molar refractivity (Wildman–Crippen MR) is 87.5 cm³/mol. The van der Waals surface area contributed by atoms with Crippen molar-refractivity contribution in [2.75, 3.05) is 0 Å². The first-order valence-electron chi connectivity index (χ1n) is 7.85. The molecule has 2 N–H and O–H groups in total. The van der Waals surface area contributed by atoms with Crippen molar-refractivity contribution in [2.24, 2.45) is 0 Å². The number of hydrogen-bond acceptors (Lipinski definition) is 3. The molecule has 0 fully saturated rings. The van der Waals surface area contributed by atoms with Crippen LogP contribution in [0, 0.1) is 0 Å². The summed E-state index contributed by atoms with van der Waals surface area (Å²) in [6, 6.07) is 10.5. The fourth-order valence-corrected chi connectivity index (χ4v) is 2.39. The van der Waals surface area contributed by atoms with E-state index in [1.54, 1.807) is 0 Å². The third-order valence-corrected chi connectivity index (χ3v) is 3.68. The molecule has 2 aromatic rings. The summed E-state index contributed by atoms with van der Waals surface area (Å²) in [6.45, 7) is 0. The molecule has 0 aliphatic rings. The molecule has 2 rings (SSSR count). The Kier molecular flexibility index (Phi) is 6.32. The van der Waals surface area contributed by atoms with Crippen molar-refractivity contribution in [3.8, 4) is 0 Å². The van der Waals surface area contributed by atoms with Gasteiger partial charge >= 0.3 is 12.1 Å². The third-order valence-electron chi connectivity index (χ3n) is 3.68. The summed E-state index contributed by atoms with van der Waals surface area (Å²) in [4.78, 5) is 26.3.